The van der Waals surface area contributed by atoms with Gasteiger partial charge in [0.15, 0.2) is 0 Å². The van der Waals surface area contributed by atoms with Crippen molar-refractivity contribution in [3.8, 4) is 0 Å². The van der Waals surface area contributed by atoms with Gasteiger partial charge in [-0.1, -0.05) is 0 Å². The molecule has 0 aliphatic carbocycles. The van der Waals surface area contributed by atoms with Gasteiger partial charge in [-0.25, -0.2) is 0 Å². The van der Waals surface area contributed by atoms with Crippen molar-refractivity contribution in [2.75, 3.05) is 13.6 Å². The molecule has 4 nitrogen and oxygen atoms in total. The molecular weight excluding hydrogens is 144 g/mol. The summed E-state index contributed by atoms with van der Waals surface area (Å²) in [5, 5.41) is 13.8. The van der Waals surface area contributed by atoms with Gasteiger partial charge in [0.2, 0.25) is 0 Å². The molecular formula is C7H13N2O2-. The lowest BCUT2D eigenvalue weighted by Crippen LogP contribution is -2.40. The van der Waals surface area contributed by atoms with Gasteiger partial charge in [0.05, 0.1) is 7.11 Å². The first-order chi connectivity index (χ1) is 6.77. The fraction of sp³-hybridized carbons (Fsp3) is 0.857. The lowest BCUT2D eigenvalue weighted by atomic mass is 10.0. The van der Waals surface area contributed by atoms with E-state index in [0.717, 1.165) is 5.06 Å². The predicted octanol–water partition coefficient (Wildman–Crippen LogP) is 0.971. The van der Waals surface area contributed by atoms with Gasteiger partial charge in [-0.3, -0.25) is 0 Å². The van der Waals surface area contributed by atoms with Crippen molar-refractivity contribution in [3.05, 3.63) is 5.21 Å². The van der Waals surface area contributed by atoms with Crippen LogP contribution in [0.2, 0.25) is 0 Å². The molecule has 0 saturated carbocycles. The minimum atomic E-state index is -1.99. The minimum absolute atomic E-state index is 0.161. The van der Waals surface area contributed by atoms with Crippen LogP contribution in [-0.4, -0.2) is 30.4 Å². The van der Waals surface area contributed by atoms with Crippen LogP contribution in [0.4, 0.5) is 0 Å². The lowest BCUT2D eigenvalue weighted by Gasteiger charge is -2.32. The summed E-state index contributed by atoms with van der Waals surface area (Å²) >= 11 is 0. The van der Waals surface area contributed by atoms with Gasteiger partial charge in [-0.05, 0) is 6.92 Å². The molecule has 64 valence electrons. The summed E-state index contributed by atoms with van der Waals surface area (Å²) in [5.74, 6) is 0. The minimum Gasteiger partial charge on any atom is -0.792 e. The van der Waals surface area contributed by atoms with Crippen LogP contribution >= 0.6 is 0 Å². The standard InChI is InChI=1S/C7H14N2O2/c1-6-5-7(8-10)3-4-9(6)11-2/h6,10H,3-5H2,1-2H3/p-1/i4T2,5T,6T. The number of piperidine rings is 1. The summed E-state index contributed by atoms with van der Waals surface area (Å²) in [7, 11) is 1.23. The quantitative estimate of drug-likeness (QED) is 0.544. The molecule has 0 aromatic heterocycles. The molecule has 0 radical (unpaired) electrons. The van der Waals surface area contributed by atoms with Crippen LogP contribution < -0.4 is 0 Å². The van der Waals surface area contributed by atoms with Crippen molar-refractivity contribution in [3.63, 3.8) is 0 Å². The molecule has 4 heteroatoms. The molecule has 1 aliphatic heterocycles. The van der Waals surface area contributed by atoms with E-state index in [4.69, 9.17) is 10.3 Å². The summed E-state index contributed by atoms with van der Waals surface area (Å²) < 4.78 is 30.7. The first kappa shape index (κ1) is 4.42. The largest absolute Gasteiger partial charge is 0.792 e. The second kappa shape index (κ2) is 3.69. The van der Waals surface area contributed by atoms with Crippen LogP contribution in [0.5, 0.6) is 0 Å². The van der Waals surface area contributed by atoms with Gasteiger partial charge in [0.1, 0.15) is 0 Å². The van der Waals surface area contributed by atoms with Gasteiger partial charge < -0.3 is 15.2 Å². The Hall–Kier alpha value is -0.610. The van der Waals surface area contributed by atoms with Crippen molar-refractivity contribution >= 4 is 5.71 Å². The van der Waals surface area contributed by atoms with Crippen LogP contribution in [0.1, 0.15) is 25.2 Å². The summed E-state index contributed by atoms with van der Waals surface area (Å²) in [5.41, 5.74) is -0.161. The zero-order valence-corrected chi connectivity index (χ0v) is 6.50. The predicted molar refractivity (Wildman–Crippen MR) is 43.2 cm³/mol. The molecule has 0 amide bonds. The van der Waals surface area contributed by atoms with Crippen LogP contribution in [-0.2, 0) is 4.84 Å². The molecule has 1 rings (SSSR count). The Labute approximate surface area is 72.0 Å². The first-order valence-corrected chi connectivity index (χ1v) is 3.23. The molecule has 0 aromatic rings. The normalized spacial score (nSPS) is 54.4. The van der Waals surface area contributed by atoms with Gasteiger partial charge in [0.25, 0.3) is 0 Å². The lowest BCUT2D eigenvalue weighted by molar-refractivity contribution is -0.158. The van der Waals surface area contributed by atoms with Crippen molar-refractivity contribution < 1.29 is 10.3 Å². The fourth-order valence-electron chi connectivity index (χ4n) is 0.895. The zero-order chi connectivity index (χ0) is 11.9. The number of nitrogens with zero attached hydrogens (tertiary/aromatic N) is 2. The molecule has 11 heavy (non-hydrogen) atoms. The van der Waals surface area contributed by atoms with Crippen molar-refractivity contribution in [2.24, 2.45) is 5.16 Å². The first-order valence-electron chi connectivity index (χ1n) is 5.31. The molecule has 0 N–H and O–H groups in total. The molecule has 2 atom stereocenters. The molecule has 0 aromatic carbocycles. The van der Waals surface area contributed by atoms with Crippen LogP contribution in [0.3, 0.4) is 0 Å². The van der Waals surface area contributed by atoms with Crippen LogP contribution in [0, 0.1) is 5.21 Å². The highest BCUT2D eigenvalue weighted by Crippen LogP contribution is 2.14. The smallest absolute Gasteiger partial charge is 0.0575 e. The average molecular weight is 165 g/mol. The van der Waals surface area contributed by atoms with E-state index in [1.165, 1.54) is 14.0 Å². The van der Waals surface area contributed by atoms with Crippen molar-refractivity contribution in [1.29, 1.82) is 0 Å². The van der Waals surface area contributed by atoms with E-state index in [9.17, 15) is 5.21 Å². The fourth-order valence-corrected chi connectivity index (χ4v) is 0.895. The molecule has 0 spiro atoms. The van der Waals surface area contributed by atoms with Crippen LogP contribution in [0.25, 0.3) is 0 Å². The Bertz CT molecular complexity index is 282. The second-order valence-electron chi connectivity index (χ2n) is 2.18. The number of hydrogen-bond acceptors (Lipinski definition) is 4. The molecule has 1 aliphatic rings. The Kier molecular flexibility index (Phi) is 1.48. The van der Waals surface area contributed by atoms with Crippen molar-refractivity contribution in [1.82, 2.24) is 5.06 Å². The van der Waals surface area contributed by atoms with E-state index in [1.54, 1.807) is 0 Å². The SMILES string of the molecule is [3H]C1C(=N[O-])CC([3H])([3H])N(OC)C1([3H])C. The Morgan fingerprint density at radius 1 is 2.00 bits per heavy atom. The van der Waals surface area contributed by atoms with E-state index < -0.39 is 18.9 Å². The highest BCUT2D eigenvalue weighted by Gasteiger charge is 2.20. The monoisotopic (exact) mass is 165 g/mol. The van der Waals surface area contributed by atoms with Crippen LogP contribution in [0.15, 0.2) is 5.16 Å². The van der Waals surface area contributed by atoms with E-state index in [2.05, 4.69) is 5.16 Å². The Morgan fingerprint density at radius 2 is 2.73 bits per heavy atom. The third-order valence-electron chi connectivity index (χ3n) is 1.40. The maximum absolute atomic E-state index is 10.4. The van der Waals surface area contributed by atoms with E-state index >= 15 is 0 Å². The van der Waals surface area contributed by atoms with Gasteiger partial charge in [-0.15, -0.1) is 0 Å². The maximum atomic E-state index is 10.4. The summed E-state index contributed by atoms with van der Waals surface area (Å²) in [4.78, 5) is 4.78. The third-order valence-corrected chi connectivity index (χ3v) is 1.40. The van der Waals surface area contributed by atoms with E-state index in [1.807, 2.05) is 0 Å². The zero-order valence-electron chi connectivity index (χ0n) is 10.5. The van der Waals surface area contributed by atoms with Gasteiger partial charge in [0, 0.05) is 36.5 Å². The molecule has 0 bridgehead atoms. The number of hydrogen-bond donors (Lipinski definition) is 0. The number of rotatable bonds is 1. The van der Waals surface area contributed by atoms with E-state index in [-0.39, 0.29) is 12.1 Å². The van der Waals surface area contributed by atoms with E-state index in [0.29, 0.717) is 0 Å². The summed E-state index contributed by atoms with van der Waals surface area (Å²) in [6, 6.07) is -1.67. The van der Waals surface area contributed by atoms with Crippen molar-refractivity contribution in [2.45, 2.75) is 25.8 Å². The molecule has 1 heterocycles. The average Bonchev–Trinajstić information content (AvgIpc) is 2.11. The maximum Gasteiger partial charge on any atom is 0.0575 e. The Balaban J connectivity index is 3.13. The molecule has 1 fully saturated rings. The van der Waals surface area contributed by atoms with Gasteiger partial charge >= 0.3 is 0 Å². The number of hydroxylamine groups is 2. The third kappa shape index (κ3) is 1.91. The van der Waals surface area contributed by atoms with Gasteiger partial charge in [-0.2, -0.15) is 5.06 Å². The molecule has 2 unspecified atom stereocenters. The highest BCUT2D eigenvalue weighted by atomic mass is 16.7. The topological polar surface area (TPSA) is 47.9 Å². The summed E-state index contributed by atoms with van der Waals surface area (Å²) in [6.45, 7) is -0.678. The molecule has 1 saturated heterocycles. The second-order valence-corrected chi connectivity index (χ2v) is 2.18. The highest BCUT2D eigenvalue weighted by molar-refractivity contribution is 5.85. The summed E-state index contributed by atoms with van der Waals surface area (Å²) in [6.07, 6.45) is -1.52. The Morgan fingerprint density at radius 3 is 3.27 bits per heavy atom.